The van der Waals surface area contributed by atoms with Crippen LogP contribution in [0, 0.1) is 0 Å². The van der Waals surface area contributed by atoms with E-state index in [1.807, 2.05) is 0 Å². The van der Waals surface area contributed by atoms with Crippen molar-refractivity contribution in [1.82, 2.24) is 9.97 Å². The predicted molar refractivity (Wildman–Crippen MR) is 126 cm³/mol. The number of anilines is 5. The molecule has 1 amide bonds. The number of benzene rings is 1. The number of ether oxygens (including phenoxy) is 1. The monoisotopic (exact) mass is 512 g/mol. The number of alkyl halides is 2. The third-order valence-corrected chi connectivity index (χ3v) is 7.99. The first-order valence-electron chi connectivity index (χ1n) is 9.87. The Labute approximate surface area is 198 Å². The van der Waals surface area contributed by atoms with E-state index in [4.69, 9.17) is 5.73 Å². The maximum absolute atomic E-state index is 12.9. The molecule has 14 heteroatoms. The van der Waals surface area contributed by atoms with Crippen LogP contribution in [-0.4, -0.2) is 42.7 Å². The molecule has 0 radical (unpaired) electrons. The van der Waals surface area contributed by atoms with E-state index < -0.39 is 21.7 Å². The molecule has 3 rings (SSSR count). The summed E-state index contributed by atoms with van der Waals surface area (Å²) in [6.45, 7) is -0.243. The molecule has 0 aliphatic heterocycles. The zero-order valence-corrected chi connectivity index (χ0v) is 19.7. The molecule has 3 aromatic rings. The number of sulfone groups is 1. The summed E-state index contributed by atoms with van der Waals surface area (Å²) in [5.41, 5.74) is 6.43. The zero-order valence-electron chi connectivity index (χ0n) is 18.1. The van der Waals surface area contributed by atoms with Crippen LogP contribution in [0.15, 0.2) is 46.1 Å². The van der Waals surface area contributed by atoms with Crippen molar-refractivity contribution in [3.05, 3.63) is 41.9 Å². The first-order valence-corrected chi connectivity index (χ1v) is 12.3. The number of amides is 1. The van der Waals surface area contributed by atoms with Crippen LogP contribution in [0.25, 0.3) is 0 Å². The average Bonchev–Trinajstić information content (AvgIpc) is 3.24. The van der Waals surface area contributed by atoms with Crippen LogP contribution in [0.1, 0.15) is 13.8 Å². The second kappa shape index (κ2) is 10.7. The Balaban J connectivity index is 1.92. The van der Waals surface area contributed by atoms with Gasteiger partial charge in [-0.25, -0.2) is 13.4 Å². The standard InChI is InChI=1S/C20H22F2N6O4S2/c1-11(2)34(30,31)18-14(6-7-33-18)27-17-15(32-19(21)22)10-24-20(28-17)26-13-5-3-4-12(8-13)25-16(29)9-23/h3-8,10-11,19H,9,23H2,1-2H3,(H,25,29)(H2,24,26,27,28). The molecule has 0 aliphatic carbocycles. The van der Waals surface area contributed by atoms with Gasteiger partial charge in [-0.15, -0.1) is 11.3 Å². The molecule has 2 aromatic heterocycles. The fraction of sp³-hybridized carbons (Fsp3) is 0.250. The van der Waals surface area contributed by atoms with E-state index in [0.29, 0.717) is 11.4 Å². The van der Waals surface area contributed by atoms with Gasteiger partial charge in [0.05, 0.1) is 23.7 Å². The van der Waals surface area contributed by atoms with Crippen LogP contribution in [0.4, 0.5) is 37.6 Å². The van der Waals surface area contributed by atoms with Gasteiger partial charge in [0.15, 0.2) is 21.4 Å². The number of carbonyl (C=O) groups excluding carboxylic acids is 1. The van der Waals surface area contributed by atoms with Crippen molar-refractivity contribution < 1.29 is 26.7 Å². The van der Waals surface area contributed by atoms with E-state index in [2.05, 4.69) is 30.7 Å². The number of nitrogens with one attached hydrogen (secondary N) is 3. The topological polar surface area (TPSA) is 148 Å². The number of rotatable bonds is 10. The molecule has 10 nitrogen and oxygen atoms in total. The van der Waals surface area contributed by atoms with Gasteiger partial charge in [0.2, 0.25) is 11.9 Å². The van der Waals surface area contributed by atoms with Gasteiger partial charge in [-0.05, 0) is 43.5 Å². The molecule has 0 spiro atoms. The molecule has 34 heavy (non-hydrogen) atoms. The Morgan fingerprint density at radius 3 is 2.62 bits per heavy atom. The number of aromatic nitrogens is 2. The molecular formula is C20H22F2N6O4S2. The van der Waals surface area contributed by atoms with Crippen molar-refractivity contribution in [2.75, 3.05) is 22.5 Å². The molecule has 2 heterocycles. The van der Waals surface area contributed by atoms with Gasteiger partial charge in [-0.3, -0.25) is 4.79 Å². The lowest BCUT2D eigenvalue weighted by atomic mass is 10.2. The number of thiophene rings is 1. The van der Waals surface area contributed by atoms with Crippen molar-refractivity contribution in [2.24, 2.45) is 5.73 Å². The largest absolute Gasteiger partial charge is 0.429 e. The molecule has 0 saturated heterocycles. The van der Waals surface area contributed by atoms with Crippen LogP contribution >= 0.6 is 11.3 Å². The van der Waals surface area contributed by atoms with E-state index in [1.165, 1.54) is 6.07 Å². The lowest BCUT2D eigenvalue weighted by Crippen LogP contribution is -2.21. The quantitative estimate of drug-likeness (QED) is 0.319. The zero-order chi connectivity index (χ0) is 24.9. The Morgan fingerprint density at radius 2 is 1.94 bits per heavy atom. The van der Waals surface area contributed by atoms with Crippen LogP contribution in [0.5, 0.6) is 5.75 Å². The molecule has 0 atom stereocenters. The fourth-order valence-electron chi connectivity index (χ4n) is 2.67. The Morgan fingerprint density at radius 1 is 1.21 bits per heavy atom. The van der Waals surface area contributed by atoms with Gasteiger partial charge in [0.1, 0.15) is 4.21 Å². The van der Waals surface area contributed by atoms with E-state index in [9.17, 15) is 22.0 Å². The SMILES string of the molecule is CC(C)S(=O)(=O)c1sccc1Nc1nc(Nc2cccc(NC(=O)CN)c2)ncc1OC(F)F. The molecule has 5 N–H and O–H groups in total. The highest BCUT2D eigenvalue weighted by Crippen LogP contribution is 2.35. The summed E-state index contributed by atoms with van der Waals surface area (Å²) in [6, 6.07) is 8.09. The number of halogens is 2. The number of nitrogens with two attached hydrogens (primary N) is 1. The van der Waals surface area contributed by atoms with Crippen molar-refractivity contribution in [1.29, 1.82) is 0 Å². The third kappa shape index (κ3) is 6.15. The minimum atomic E-state index is -3.63. The minimum absolute atomic E-state index is 0.00918. The van der Waals surface area contributed by atoms with E-state index in [1.54, 1.807) is 43.5 Å². The molecule has 0 unspecified atom stereocenters. The lowest BCUT2D eigenvalue weighted by molar-refractivity contribution is -0.114. The van der Waals surface area contributed by atoms with Gasteiger partial charge in [-0.1, -0.05) is 6.07 Å². The Kier molecular flexibility index (Phi) is 7.96. The smallest absolute Gasteiger partial charge is 0.387 e. The summed E-state index contributed by atoms with van der Waals surface area (Å²) in [5.74, 6) is -0.904. The molecule has 0 fully saturated rings. The average molecular weight is 513 g/mol. The second-order valence-corrected chi connectivity index (χ2v) is 10.7. The Hall–Kier alpha value is -3.36. The number of hydrogen-bond donors (Lipinski definition) is 4. The number of nitrogens with zero attached hydrogens (tertiary/aromatic N) is 2. The van der Waals surface area contributed by atoms with Gasteiger partial charge in [0, 0.05) is 11.4 Å². The van der Waals surface area contributed by atoms with Gasteiger partial charge >= 0.3 is 6.61 Å². The van der Waals surface area contributed by atoms with Crippen LogP contribution < -0.4 is 26.4 Å². The third-order valence-electron chi connectivity index (χ3n) is 4.32. The molecule has 0 aliphatic rings. The molecule has 1 aromatic carbocycles. The van der Waals surface area contributed by atoms with Crippen molar-refractivity contribution >= 4 is 55.9 Å². The van der Waals surface area contributed by atoms with Crippen molar-refractivity contribution in [3.8, 4) is 5.75 Å². The normalized spacial score (nSPS) is 11.5. The summed E-state index contributed by atoms with van der Waals surface area (Å²) in [4.78, 5) is 19.7. The summed E-state index contributed by atoms with van der Waals surface area (Å²) in [6.07, 6.45) is 1.03. The Bertz CT molecular complexity index is 1270. The van der Waals surface area contributed by atoms with Gasteiger partial charge in [-0.2, -0.15) is 13.8 Å². The van der Waals surface area contributed by atoms with Gasteiger partial charge in [0.25, 0.3) is 0 Å². The molecular weight excluding hydrogens is 490 g/mol. The molecule has 0 saturated carbocycles. The second-order valence-electron chi connectivity index (χ2n) is 7.08. The van der Waals surface area contributed by atoms with Crippen LogP contribution in [0.3, 0.4) is 0 Å². The highest BCUT2D eigenvalue weighted by Gasteiger charge is 2.25. The highest BCUT2D eigenvalue weighted by molar-refractivity contribution is 7.94. The highest BCUT2D eigenvalue weighted by atomic mass is 32.2. The lowest BCUT2D eigenvalue weighted by Gasteiger charge is -2.15. The molecule has 182 valence electrons. The van der Waals surface area contributed by atoms with E-state index in [-0.39, 0.29) is 39.9 Å². The van der Waals surface area contributed by atoms with Gasteiger partial charge < -0.3 is 26.4 Å². The summed E-state index contributed by atoms with van der Waals surface area (Å²) in [7, 11) is -3.63. The van der Waals surface area contributed by atoms with Crippen molar-refractivity contribution in [3.63, 3.8) is 0 Å². The van der Waals surface area contributed by atoms with E-state index >= 15 is 0 Å². The van der Waals surface area contributed by atoms with E-state index in [0.717, 1.165) is 17.5 Å². The minimum Gasteiger partial charge on any atom is -0.429 e. The number of carbonyl (C=O) groups is 1. The maximum Gasteiger partial charge on any atom is 0.387 e. The first-order chi connectivity index (χ1) is 16.1. The number of hydrogen-bond acceptors (Lipinski definition) is 10. The first kappa shape index (κ1) is 25.3. The van der Waals surface area contributed by atoms with Crippen LogP contribution in [-0.2, 0) is 14.6 Å². The maximum atomic E-state index is 12.9. The van der Waals surface area contributed by atoms with Crippen LogP contribution in [0.2, 0.25) is 0 Å². The molecule has 0 bridgehead atoms. The summed E-state index contributed by atoms with van der Waals surface area (Å²) < 4.78 is 55.7. The predicted octanol–water partition coefficient (Wildman–Crippen LogP) is 3.71. The fourth-order valence-corrected chi connectivity index (χ4v) is 5.38. The van der Waals surface area contributed by atoms with Crippen molar-refractivity contribution in [2.45, 2.75) is 29.9 Å². The summed E-state index contributed by atoms with van der Waals surface area (Å²) in [5, 5.41) is 9.15. The summed E-state index contributed by atoms with van der Waals surface area (Å²) >= 11 is 0.997.